The van der Waals surface area contributed by atoms with E-state index in [9.17, 15) is 8.42 Å². The van der Waals surface area contributed by atoms with Gasteiger partial charge in [0.25, 0.3) is 0 Å². The fourth-order valence-corrected chi connectivity index (χ4v) is 3.49. The molecule has 1 fully saturated rings. The molecule has 15 heavy (non-hydrogen) atoms. The number of halogens is 1. The second-order valence-electron chi connectivity index (χ2n) is 4.28. The average Bonchev–Trinajstić information content (AvgIpc) is 2.07. The monoisotopic (exact) mass is 256 g/mol. The summed E-state index contributed by atoms with van der Waals surface area (Å²) in [4.78, 5) is 2.16. The summed E-state index contributed by atoms with van der Waals surface area (Å²) in [6.45, 7) is 7.09. The Kier molecular flexibility index (Phi) is 5.54. The molecule has 1 aliphatic heterocycles. The average molecular weight is 257 g/mol. The minimum absolute atomic E-state index is 0. The Hall–Kier alpha value is 0.160. The molecule has 0 radical (unpaired) electrons. The van der Waals surface area contributed by atoms with Crippen molar-refractivity contribution in [2.75, 3.05) is 18.8 Å². The zero-order valence-electron chi connectivity index (χ0n) is 9.51. The molecule has 1 aliphatic rings. The van der Waals surface area contributed by atoms with E-state index in [2.05, 4.69) is 4.90 Å². The molecule has 92 valence electrons. The molecule has 3 unspecified atom stereocenters. The van der Waals surface area contributed by atoms with Crippen LogP contribution in [0.3, 0.4) is 0 Å². The quantitative estimate of drug-likeness (QED) is 0.770. The summed E-state index contributed by atoms with van der Waals surface area (Å²) in [7, 11) is -2.86. The lowest BCUT2D eigenvalue weighted by Gasteiger charge is -2.38. The Morgan fingerprint density at radius 3 is 2.47 bits per heavy atom. The molecule has 0 aromatic heterocycles. The van der Waals surface area contributed by atoms with E-state index >= 15 is 0 Å². The third-order valence-corrected chi connectivity index (χ3v) is 5.29. The predicted octanol–water partition coefficient (Wildman–Crippen LogP) is 0.263. The van der Waals surface area contributed by atoms with Gasteiger partial charge in [0, 0.05) is 25.2 Å². The van der Waals surface area contributed by atoms with E-state index in [0.29, 0.717) is 6.54 Å². The molecule has 0 bridgehead atoms. The third kappa shape index (κ3) is 3.59. The highest BCUT2D eigenvalue weighted by molar-refractivity contribution is 7.92. The van der Waals surface area contributed by atoms with Crippen molar-refractivity contribution in [1.82, 2.24) is 4.90 Å². The van der Waals surface area contributed by atoms with Crippen molar-refractivity contribution in [2.24, 2.45) is 5.73 Å². The molecule has 1 saturated heterocycles. The van der Waals surface area contributed by atoms with E-state index in [-0.39, 0.29) is 35.5 Å². The van der Waals surface area contributed by atoms with Crippen molar-refractivity contribution in [3.63, 3.8) is 0 Å². The molecule has 0 aromatic rings. The Labute approximate surface area is 98.5 Å². The van der Waals surface area contributed by atoms with Gasteiger partial charge in [-0.1, -0.05) is 0 Å². The van der Waals surface area contributed by atoms with Crippen LogP contribution in [0.2, 0.25) is 0 Å². The van der Waals surface area contributed by atoms with E-state index in [1.54, 1.807) is 6.92 Å². The summed E-state index contributed by atoms with van der Waals surface area (Å²) in [6, 6.07) is 0.185. The zero-order chi connectivity index (χ0) is 10.9. The minimum atomic E-state index is -2.86. The molecule has 0 aliphatic carbocycles. The summed E-state index contributed by atoms with van der Waals surface area (Å²) in [5, 5.41) is -0.269. The van der Waals surface area contributed by atoms with Gasteiger partial charge in [0.05, 0.1) is 11.0 Å². The van der Waals surface area contributed by atoms with E-state index in [4.69, 9.17) is 5.73 Å². The van der Waals surface area contributed by atoms with Gasteiger partial charge in [-0.3, -0.25) is 4.90 Å². The summed E-state index contributed by atoms with van der Waals surface area (Å²) < 4.78 is 23.1. The molecule has 1 rings (SSSR count). The fourth-order valence-electron chi connectivity index (χ4n) is 1.86. The Balaban J connectivity index is 0.00000196. The van der Waals surface area contributed by atoms with Crippen LogP contribution < -0.4 is 5.73 Å². The van der Waals surface area contributed by atoms with Crippen molar-refractivity contribution in [3.8, 4) is 0 Å². The van der Waals surface area contributed by atoms with E-state index in [1.165, 1.54) is 0 Å². The molecular weight excluding hydrogens is 236 g/mol. The molecule has 0 saturated carbocycles. The van der Waals surface area contributed by atoms with Gasteiger partial charge in [-0.05, 0) is 20.8 Å². The lowest BCUT2D eigenvalue weighted by Crippen LogP contribution is -2.54. The number of hydrogen-bond donors (Lipinski definition) is 1. The SMILES string of the molecule is CC(N)CN1CCS(=O)(=O)C(C)C1C.Cl. The van der Waals surface area contributed by atoms with Gasteiger partial charge >= 0.3 is 0 Å². The zero-order valence-corrected chi connectivity index (χ0v) is 11.1. The second-order valence-corrected chi connectivity index (χ2v) is 6.76. The van der Waals surface area contributed by atoms with Crippen molar-refractivity contribution in [2.45, 2.75) is 38.1 Å². The molecule has 1 heterocycles. The Bertz CT molecular complexity index is 292. The van der Waals surface area contributed by atoms with Crippen LogP contribution in [0.1, 0.15) is 20.8 Å². The first-order valence-corrected chi connectivity index (χ1v) is 6.77. The number of hydrogen-bond acceptors (Lipinski definition) is 4. The third-order valence-electron chi connectivity index (χ3n) is 3.01. The summed E-state index contributed by atoms with van der Waals surface area (Å²) >= 11 is 0. The van der Waals surface area contributed by atoms with Gasteiger partial charge in [0.15, 0.2) is 9.84 Å². The van der Waals surface area contributed by atoms with Crippen molar-refractivity contribution in [3.05, 3.63) is 0 Å². The van der Waals surface area contributed by atoms with Crippen LogP contribution >= 0.6 is 12.4 Å². The maximum absolute atomic E-state index is 11.6. The Morgan fingerprint density at radius 1 is 1.47 bits per heavy atom. The fraction of sp³-hybridized carbons (Fsp3) is 1.00. The topological polar surface area (TPSA) is 63.4 Å². The molecule has 3 atom stereocenters. The van der Waals surface area contributed by atoms with Crippen LogP contribution in [0, 0.1) is 0 Å². The maximum atomic E-state index is 11.6. The van der Waals surface area contributed by atoms with Gasteiger partial charge in [-0.25, -0.2) is 8.42 Å². The lowest BCUT2D eigenvalue weighted by atomic mass is 10.2. The predicted molar refractivity (Wildman–Crippen MR) is 65.2 cm³/mol. The molecule has 6 heteroatoms. The first-order chi connectivity index (χ1) is 6.34. The van der Waals surface area contributed by atoms with E-state index in [0.717, 1.165) is 6.54 Å². The normalized spacial score (nSPS) is 33.1. The van der Waals surface area contributed by atoms with Crippen LogP contribution in [0.4, 0.5) is 0 Å². The van der Waals surface area contributed by atoms with Gasteiger partial charge in [0.2, 0.25) is 0 Å². The molecule has 2 N–H and O–H groups in total. The number of rotatable bonds is 2. The maximum Gasteiger partial charge on any atom is 0.155 e. The molecular formula is C9H21ClN2O2S. The number of nitrogens with two attached hydrogens (primary N) is 1. The number of nitrogens with zero attached hydrogens (tertiary/aromatic N) is 1. The van der Waals surface area contributed by atoms with Crippen LogP contribution in [0.15, 0.2) is 0 Å². The smallest absolute Gasteiger partial charge is 0.155 e. The summed E-state index contributed by atoms with van der Waals surface area (Å²) in [5.41, 5.74) is 5.71. The lowest BCUT2D eigenvalue weighted by molar-refractivity contribution is 0.197. The van der Waals surface area contributed by atoms with Gasteiger partial charge in [-0.2, -0.15) is 0 Å². The molecule has 0 amide bonds. The second kappa shape index (κ2) is 5.48. The highest BCUT2D eigenvalue weighted by Gasteiger charge is 2.35. The largest absolute Gasteiger partial charge is 0.327 e. The van der Waals surface area contributed by atoms with Crippen LogP contribution in [0.25, 0.3) is 0 Å². The summed E-state index contributed by atoms with van der Waals surface area (Å²) in [5.74, 6) is 0.269. The number of sulfone groups is 1. The van der Waals surface area contributed by atoms with Crippen LogP contribution in [-0.2, 0) is 9.84 Å². The summed E-state index contributed by atoms with van der Waals surface area (Å²) in [6.07, 6.45) is 0. The van der Waals surface area contributed by atoms with Crippen molar-refractivity contribution >= 4 is 22.2 Å². The highest BCUT2D eigenvalue weighted by atomic mass is 35.5. The molecule has 0 aromatic carbocycles. The van der Waals surface area contributed by atoms with Crippen LogP contribution in [0.5, 0.6) is 0 Å². The van der Waals surface area contributed by atoms with Gasteiger partial charge in [0.1, 0.15) is 0 Å². The minimum Gasteiger partial charge on any atom is -0.327 e. The first-order valence-electron chi connectivity index (χ1n) is 5.06. The first kappa shape index (κ1) is 15.2. The standard InChI is InChI=1S/C9H20N2O2S.ClH/c1-7(10)6-11-4-5-14(12,13)9(3)8(11)2;/h7-9H,4-6,10H2,1-3H3;1H. The Morgan fingerprint density at radius 2 is 2.00 bits per heavy atom. The van der Waals surface area contributed by atoms with Crippen molar-refractivity contribution in [1.29, 1.82) is 0 Å². The highest BCUT2D eigenvalue weighted by Crippen LogP contribution is 2.18. The molecule has 4 nitrogen and oxygen atoms in total. The van der Waals surface area contributed by atoms with Gasteiger partial charge < -0.3 is 5.73 Å². The van der Waals surface area contributed by atoms with Gasteiger partial charge in [-0.15, -0.1) is 12.4 Å². The van der Waals surface area contributed by atoms with Crippen LogP contribution in [-0.4, -0.2) is 49.5 Å². The van der Waals surface area contributed by atoms with E-state index in [1.807, 2.05) is 13.8 Å². The van der Waals surface area contributed by atoms with Crippen molar-refractivity contribution < 1.29 is 8.42 Å². The van der Waals surface area contributed by atoms with E-state index < -0.39 is 9.84 Å². The molecule has 0 spiro atoms.